The monoisotopic (exact) mass is 258 g/mol. The zero-order valence-electron chi connectivity index (χ0n) is 10.7. The van der Waals surface area contributed by atoms with Gasteiger partial charge in [-0.2, -0.15) is 0 Å². The van der Waals surface area contributed by atoms with Crippen molar-refractivity contribution in [2.75, 3.05) is 0 Å². The summed E-state index contributed by atoms with van der Waals surface area (Å²) in [6, 6.07) is 0. The Morgan fingerprint density at radius 3 is 2.61 bits per heavy atom. The van der Waals surface area contributed by atoms with Crippen molar-refractivity contribution in [3.8, 4) is 0 Å². The van der Waals surface area contributed by atoms with E-state index in [-0.39, 0.29) is 24.7 Å². The van der Waals surface area contributed by atoms with Crippen molar-refractivity contribution in [2.45, 2.75) is 63.5 Å². The standard InChI is InChI=1S/C12H18O6/c1-7(14)4-12(9(15)6-13)5-8-10(18-12)17-11(2,3)16-8/h6,8-10,15H,4-5H2,1-3H3/t8-,9?,10+,12-/m1/s1. The molecule has 0 radical (unpaired) electrons. The molecule has 0 aromatic heterocycles. The van der Waals surface area contributed by atoms with Crippen molar-refractivity contribution in [1.29, 1.82) is 0 Å². The Morgan fingerprint density at radius 2 is 2.11 bits per heavy atom. The van der Waals surface area contributed by atoms with Crippen LogP contribution < -0.4 is 0 Å². The molecule has 18 heavy (non-hydrogen) atoms. The van der Waals surface area contributed by atoms with Crippen LogP contribution in [0.15, 0.2) is 0 Å². The summed E-state index contributed by atoms with van der Waals surface area (Å²) < 4.78 is 16.8. The van der Waals surface area contributed by atoms with E-state index < -0.39 is 23.8 Å². The number of ketones is 1. The average molecular weight is 258 g/mol. The quantitative estimate of drug-likeness (QED) is 0.723. The molecule has 2 aliphatic heterocycles. The minimum Gasteiger partial charge on any atom is -0.383 e. The van der Waals surface area contributed by atoms with Crippen LogP contribution in [0.25, 0.3) is 0 Å². The number of rotatable bonds is 4. The van der Waals surface area contributed by atoms with E-state index in [4.69, 9.17) is 14.2 Å². The summed E-state index contributed by atoms with van der Waals surface area (Å²) in [6.07, 6.45) is -1.76. The molecule has 0 spiro atoms. The second-order valence-electron chi connectivity index (χ2n) is 5.39. The molecule has 6 heteroatoms. The third-order valence-corrected chi connectivity index (χ3v) is 3.25. The van der Waals surface area contributed by atoms with E-state index in [1.165, 1.54) is 6.92 Å². The van der Waals surface area contributed by atoms with Gasteiger partial charge in [-0.15, -0.1) is 0 Å². The number of aldehydes is 1. The Bertz CT molecular complexity index is 348. The predicted octanol–water partition coefficient (Wildman–Crippen LogP) is 0.162. The second kappa shape index (κ2) is 4.38. The molecule has 0 aliphatic carbocycles. The molecule has 0 saturated carbocycles. The number of ether oxygens (including phenoxy) is 3. The maximum absolute atomic E-state index is 11.3. The van der Waals surface area contributed by atoms with Crippen LogP contribution in [0.1, 0.15) is 33.6 Å². The Kier molecular flexibility index (Phi) is 3.31. The summed E-state index contributed by atoms with van der Waals surface area (Å²) in [5, 5.41) is 9.79. The lowest BCUT2D eigenvalue weighted by atomic mass is 9.88. The van der Waals surface area contributed by atoms with Gasteiger partial charge in [-0.1, -0.05) is 0 Å². The van der Waals surface area contributed by atoms with E-state index in [2.05, 4.69) is 0 Å². The lowest BCUT2D eigenvalue weighted by Crippen LogP contribution is -2.46. The summed E-state index contributed by atoms with van der Waals surface area (Å²) in [6.45, 7) is 4.91. The lowest BCUT2D eigenvalue weighted by Gasteiger charge is -2.32. The summed E-state index contributed by atoms with van der Waals surface area (Å²) in [5.74, 6) is -0.903. The van der Waals surface area contributed by atoms with E-state index in [1.54, 1.807) is 13.8 Å². The number of aliphatic hydroxyl groups is 1. The third kappa shape index (κ3) is 2.33. The molecule has 2 fully saturated rings. The molecule has 0 aromatic carbocycles. The normalized spacial score (nSPS) is 39.3. The molecule has 0 aromatic rings. The topological polar surface area (TPSA) is 82.1 Å². The molecule has 2 rings (SSSR count). The lowest BCUT2D eigenvalue weighted by molar-refractivity contribution is -0.238. The fraction of sp³-hybridized carbons (Fsp3) is 0.833. The van der Waals surface area contributed by atoms with E-state index in [0.29, 0.717) is 6.29 Å². The van der Waals surface area contributed by atoms with Gasteiger partial charge in [0.1, 0.15) is 23.6 Å². The van der Waals surface area contributed by atoms with Crippen LogP contribution in [0.2, 0.25) is 0 Å². The Hall–Kier alpha value is -0.820. The smallest absolute Gasteiger partial charge is 0.188 e. The van der Waals surface area contributed by atoms with Gasteiger partial charge in [0.15, 0.2) is 18.4 Å². The maximum atomic E-state index is 11.3. The van der Waals surface area contributed by atoms with Crippen LogP contribution >= 0.6 is 0 Å². The van der Waals surface area contributed by atoms with E-state index in [1.807, 2.05) is 0 Å². The van der Waals surface area contributed by atoms with Crippen molar-refractivity contribution in [1.82, 2.24) is 0 Å². The van der Waals surface area contributed by atoms with Crippen LogP contribution in [-0.4, -0.2) is 47.1 Å². The van der Waals surface area contributed by atoms with Crippen LogP contribution in [0.3, 0.4) is 0 Å². The van der Waals surface area contributed by atoms with Gasteiger partial charge in [0.25, 0.3) is 0 Å². The van der Waals surface area contributed by atoms with Gasteiger partial charge in [-0.05, 0) is 20.8 Å². The van der Waals surface area contributed by atoms with E-state index >= 15 is 0 Å². The molecule has 4 atom stereocenters. The third-order valence-electron chi connectivity index (χ3n) is 3.25. The molecule has 2 saturated heterocycles. The highest BCUT2D eigenvalue weighted by atomic mass is 16.8. The molecular weight excluding hydrogens is 240 g/mol. The number of fused-ring (bicyclic) bond motifs is 1. The van der Waals surface area contributed by atoms with Crippen molar-refractivity contribution in [3.63, 3.8) is 0 Å². The van der Waals surface area contributed by atoms with Crippen LogP contribution in [0.5, 0.6) is 0 Å². The fourth-order valence-corrected chi connectivity index (χ4v) is 2.62. The highest BCUT2D eigenvalue weighted by Gasteiger charge is 2.58. The number of carbonyl (C=O) groups excluding carboxylic acids is 2. The Balaban J connectivity index is 2.17. The van der Waals surface area contributed by atoms with Crippen LogP contribution in [-0.2, 0) is 23.8 Å². The molecule has 2 heterocycles. The molecular formula is C12H18O6. The first-order valence-corrected chi connectivity index (χ1v) is 5.94. The molecule has 0 bridgehead atoms. The van der Waals surface area contributed by atoms with Gasteiger partial charge >= 0.3 is 0 Å². The summed E-state index contributed by atoms with van der Waals surface area (Å²) in [7, 11) is 0. The second-order valence-corrected chi connectivity index (χ2v) is 5.39. The zero-order chi connectivity index (χ0) is 13.6. The van der Waals surface area contributed by atoms with Crippen molar-refractivity contribution in [3.05, 3.63) is 0 Å². The first kappa shape index (κ1) is 13.6. The van der Waals surface area contributed by atoms with Gasteiger partial charge in [-0.25, -0.2) is 0 Å². The summed E-state index contributed by atoms with van der Waals surface area (Å²) in [5.41, 5.74) is -1.22. The highest BCUT2D eigenvalue weighted by Crippen LogP contribution is 2.44. The first-order valence-electron chi connectivity index (χ1n) is 5.94. The van der Waals surface area contributed by atoms with Crippen LogP contribution in [0.4, 0.5) is 0 Å². The van der Waals surface area contributed by atoms with Gasteiger partial charge in [0, 0.05) is 12.8 Å². The summed E-state index contributed by atoms with van der Waals surface area (Å²) in [4.78, 5) is 22.1. The van der Waals surface area contributed by atoms with Crippen molar-refractivity contribution in [2.24, 2.45) is 0 Å². The summed E-state index contributed by atoms with van der Waals surface area (Å²) >= 11 is 0. The minimum atomic E-state index is -1.36. The van der Waals surface area contributed by atoms with Gasteiger partial charge in [-0.3, -0.25) is 4.79 Å². The van der Waals surface area contributed by atoms with Crippen LogP contribution in [0, 0.1) is 0 Å². The number of hydrogen-bond donors (Lipinski definition) is 1. The average Bonchev–Trinajstić information content (AvgIpc) is 2.66. The van der Waals surface area contributed by atoms with Gasteiger partial charge < -0.3 is 24.1 Å². The minimum absolute atomic E-state index is 0.0347. The molecule has 102 valence electrons. The molecule has 2 aliphatic rings. The van der Waals surface area contributed by atoms with Gasteiger partial charge in [0.2, 0.25) is 0 Å². The van der Waals surface area contributed by atoms with Gasteiger partial charge in [0.05, 0.1) is 0 Å². The van der Waals surface area contributed by atoms with Crippen molar-refractivity contribution >= 4 is 12.1 Å². The molecule has 1 N–H and O–H groups in total. The fourth-order valence-electron chi connectivity index (χ4n) is 2.62. The largest absolute Gasteiger partial charge is 0.383 e. The molecule has 0 amide bonds. The number of carbonyl (C=O) groups is 2. The highest BCUT2D eigenvalue weighted by molar-refractivity contribution is 5.78. The maximum Gasteiger partial charge on any atom is 0.188 e. The predicted molar refractivity (Wildman–Crippen MR) is 59.6 cm³/mol. The Morgan fingerprint density at radius 1 is 1.44 bits per heavy atom. The number of aliphatic hydroxyl groups excluding tert-OH is 1. The SMILES string of the molecule is CC(=O)C[C@]1(C(O)C=O)C[C@H]2OC(C)(C)O[C@H]2O1. The molecule has 6 nitrogen and oxygen atoms in total. The number of hydrogen-bond acceptors (Lipinski definition) is 6. The van der Waals surface area contributed by atoms with E-state index in [0.717, 1.165) is 0 Å². The number of Topliss-reactive ketones (excluding diaryl/α,β-unsaturated/α-hetero) is 1. The zero-order valence-corrected chi connectivity index (χ0v) is 10.7. The first-order chi connectivity index (χ1) is 8.28. The van der Waals surface area contributed by atoms with E-state index in [9.17, 15) is 14.7 Å². The Labute approximate surface area is 105 Å². The van der Waals surface area contributed by atoms with Crippen molar-refractivity contribution < 1.29 is 28.9 Å². The molecule has 1 unspecified atom stereocenters.